The van der Waals surface area contributed by atoms with Crippen LogP contribution in [-0.2, 0) is 0 Å². The predicted molar refractivity (Wildman–Crippen MR) is 63.0 cm³/mol. The van der Waals surface area contributed by atoms with Gasteiger partial charge in [0.05, 0.1) is 0 Å². The van der Waals surface area contributed by atoms with E-state index in [9.17, 15) is 0 Å². The van der Waals surface area contributed by atoms with Crippen LogP contribution >= 0.6 is 0 Å². The van der Waals surface area contributed by atoms with Crippen molar-refractivity contribution in [2.45, 2.75) is 0 Å². The zero-order valence-corrected chi connectivity index (χ0v) is 8.81. The predicted octanol–water partition coefficient (Wildman–Crippen LogP) is 1.97. The van der Waals surface area contributed by atoms with Crippen LogP contribution in [0, 0.1) is 0 Å². The quantitative estimate of drug-likeness (QED) is 0.684. The highest BCUT2D eigenvalue weighted by molar-refractivity contribution is 5.57. The van der Waals surface area contributed by atoms with Crippen molar-refractivity contribution in [1.82, 2.24) is 9.97 Å². The van der Waals surface area contributed by atoms with E-state index < -0.39 is 0 Å². The van der Waals surface area contributed by atoms with Crippen molar-refractivity contribution in [3.05, 3.63) is 36.5 Å². The van der Waals surface area contributed by atoms with Crippen LogP contribution in [0.5, 0.6) is 5.75 Å². The van der Waals surface area contributed by atoms with Gasteiger partial charge in [-0.15, -0.1) is 0 Å². The van der Waals surface area contributed by atoms with Crippen LogP contribution in [0.1, 0.15) is 0 Å². The number of anilines is 3. The van der Waals surface area contributed by atoms with Gasteiger partial charge in [-0.3, -0.25) is 0 Å². The monoisotopic (exact) mass is 216 g/mol. The number of hydrogen-bond acceptors (Lipinski definition) is 5. The van der Waals surface area contributed by atoms with Crippen molar-refractivity contribution < 1.29 is 5.11 Å². The lowest BCUT2D eigenvalue weighted by molar-refractivity contribution is 0.475. The average molecular weight is 216 g/mol. The fourth-order valence-corrected chi connectivity index (χ4v) is 1.24. The average Bonchev–Trinajstić information content (AvgIpc) is 2.32. The largest absolute Gasteiger partial charge is 0.508 e. The topological polar surface area (TPSA) is 70.1 Å². The molecule has 1 aromatic carbocycles. The van der Waals surface area contributed by atoms with Crippen molar-refractivity contribution in [3.8, 4) is 5.75 Å². The fourth-order valence-electron chi connectivity index (χ4n) is 1.24. The standard InChI is InChI=1S/C11H12N4O/c1-12-11-13-7-6-10(15-11)14-8-2-4-9(16)5-3-8/h2-7,16H,1H3,(H2,12,13,14,15). The summed E-state index contributed by atoms with van der Waals surface area (Å²) in [4.78, 5) is 8.22. The third kappa shape index (κ3) is 2.38. The second-order valence-electron chi connectivity index (χ2n) is 3.19. The molecule has 5 heteroatoms. The van der Waals surface area contributed by atoms with Crippen LogP contribution in [0.3, 0.4) is 0 Å². The van der Waals surface area contributed by atoms with Crippen LogP contribution in [0.4, 0.5) is 17.5 Å². The molecule has 0 unspecified atom stereocenters. The van der Waals surface area contributed by atoms with E-state index in [-0.39, 0.29) is 5.75 Å². The molecule has 1 heterocycles. The molecule has 82 valence electrons. The van der Waals surface area contributed by atoms with E-state index in [0.29, 0.717) is 11.8 Å². The summed E-state index contributed by atoms with van der Waals surface area (Å²) in [6, 6.07) is 8.55. The molecule has 0 aliphatic rings. The van der Waals surface area contributed by atoms with Gasteiger partial charge in [0, 0.05) is 18.9 Å². The number of rotatable bonds is 3. The normalized spacial score (nSPS) is 9.81. The molecule has 2 aromatic rings. The summed E-state index contributed by atoms with van der Waals surface area (Å²) >= 11 is 0. The Kier molecular flexibility index (Phi) is 2.86. The van der Waals surface area contributed by atoms with Gasteiger partial charge >= 0.3 is 0 Å². The Morgan fingerprint density at radius 3 is 2.56 bits per heavy atom. The summed E-state index contributed by atoms with van der Waals surface area (Å²) in [6.07, 6.45) is 1.67. The van der Waals surface area contributed by atoms with Crippen LogP contribution in [0.2, 0.25) is 0 Å². The zero-order valence-electron chi connectivity index (χ0n) is 8.81. The lowest BCUT2D eigenvalue weighted by Crippen LogP contribution is -1.99. The summed E-state index contributed by atoms with van der Waals surface area (Å²) in [6.45, 7) is 0. The molecular weight excluding hydrogens is 204 g/mol. The van der Waals surface area contributed by atoms with Gasteiger partial charge in [-0.05, 0) is 30.3 Å². The first-order chi connectivity index (χ1) is 7.78. The molecule has 0 radical (unpaired) electrons. The molecule has 0 aliphatic carbocycles. The second kappa shape index (κ2) is 4.48. The second-order valence-corrected chi connectivity index (χ2v) is 3.19. The molecule has 0 amide bonds. The summed E-state index contributed by atoms with van der Waals surface area (Å²) in [5.74, 6) is 1.50. The molecule has 0 fully saturated rings. The Morgan fingerprint density at radius 1 is 1.12 bits per heavy atom. The van der Waals surface area contributed by atoms with Crippen molar-refractivity contribution in [2.24, 2.45) is 0 Å². The molecule has 2 rings (SSSR count). The van der Waals surface area contributed by atoms with Crippen molar-refractivity contribution in [2.75, 3.05) is 17.7 Å². The van der Waals surface area contributed by atoms with E-state index in [1.165, 1.54) is 0 Å². The van der Waals surface area contributed by atoms with E-state index in [1.807, 2.05) is 0 Å². The molecule has 5 nitrogen and oxygen atoms in total. The first kappa shape index (κ1) is 10.2. The van der Waals surface area contributed by atoms with Gasteiger partial charge in [-0.1, -0.05) is 0 Å². The Morgan fingerprint density at radius 2 is 1.88 bits per heavy atom. The van der Waals surface area contributed by atoms with E-state index in [1.54, 1.807) is 43.6 Å². The van der Waals surface area contributed by atoms with E-state index >= 15 is 0 Å². The smallest absolute Gasteiger partial charge is 0.224 e. The number of aromatic hydroxyl groups is 1. The fraction of sp³-hybridized carbons (Fsp3) is 0.0909. The first-order valence-electron chi connectivity index (χ1n) is 4.85. The Labute approximate surface area is 93.2 Å². The van der Waals surface area contributed by atoms with Gasteiger partial charge < -0.3 is 15.7 Å². The minimum atomic E-state index is 0.240. The molecule has 0 saturated carbocycles. The van der Waals surface area contributed by atoms with Gasteiger partial charge in [0.2, 0.25) is 5.95 Å². The maximum atomic E-state index is 9.14. The SMILES string of the molecule is CNc1nccc(Nc2ccc(O)cc2)n1. The minimum Gasteiger partial charge on any atom is -0.508 e. The Balaban J connectivity index is 2.16. The molecule has 1 aromatic heterocycles. The molecule has 16 heavy (non-hydrogen) atoms. The molecule has 0 atom stereocenters. The van der Waals surface area contributed by atoms with Gasteiger partial charge in [0.1, 0.15) is 11.6 Å². The summed E-state index contributed by atoms with van der Waals surface area (Å²) in [7, 11) is 1.76. The molecule has 0 aliphatic heterocycles. The highest BCUT2D eigenvalue weighted by atomic mass is 16.3. The zero-order chi connectivity index (χ0) is 11.4. The Bertz CT molecular complexity index is 470. The first-order valence-corrected chi connectivity index (χ1v) is 4.85. The van der Waals surface area contributed by atoms with E-state index in [4.69, 9.17) is 5.11 Å². The van der Waals surface area contributed by atoms with Crippen molar-refractivity contribution in [3.63, 3.8) is 0 Å². The molecular formula is C11H12N4O. The highest BCUT2D eigenvalue weighted by Gasteiger charge is 1.98. The number of nitrogens with one attached hydrogen (secondary N) is 2. The third-order valence-electron chi connectivity index (χ3n) is 2.02. The highest BCUT2D eigenvalue weighted by Crippen LogP contribution is 2.17. The third-order valence-corrected chi connectivity index (χ3v) is 2.02. The van der Waals surface area contributed by atoms with Gasteiger partial charge in [0.15, 0.2) is 0 Å². The van der Waals surface area contributed by atoms with Crippen LogP contribution in [-0.4, -0.2) is 22.1 Å². The van der Waals surface area contributed by atoms with Gasteiger partial charge in [-0.25, -0.2) is 4.98 Å². The van der Waals surface area contributed by atoms with Crippen LogP contribution < -0.4 is 10.6 Å². The van der Waals surface area contributed by atoms with Gasteiger partial charge in [0.25, 0.3) is 0 Å². The minimum absolute atomic E-state index is 0.240. The van der Waals surface area contributed by atoms with Crippen LogP contribution in [0.25, 0.3) is 0 Å². The maximum Gasteiger partial charge on any atom is 0.224 e. The summed E-state index contributed by atoms with van der Waals surface area (Å²) < 4.78 is 0. The summed E-state index contributed by atoms with van der Waals surface area (Å²) in [5, 5.41) is 15.1. The number of nitrogens with zero attached hydrogens (tertiary/aromatic N) is 2. The van der Waals surface area contributed by atoms with Crippen molar-refractivity contribution >= 4 is 17.5 Å². The molecule has 3 N–H and O–H groups in total. The van der Waals surface area contributed by atoms with Gasteiger partial charge in [-0.2, -0.15) is 4.98 Å². The number of benzene rings is 1. The number of phenols is 1. The van der Waals surface area contributed by atoms with Crippen molar-refractivity contribution in [1.29, 1.82) is 0 Å². The maximum absolute atomic E-state index is 9.14. The Hall–Kier alpha value is -2.30. The number of phenolic OH excluding ortho intramolecular Hbond substituents is 1. The van der Waals surface area contributed by atoms with Crippen LogP contribution in [0.15, 0.2) is 36.5 Å². The molecule has 0 saturated heterocycles. The molecule has 0 bridgehead atoms. The number of aromatic nitrogens is 2. The molecule has 0 spiro atoms. The van der Waals surface area contributed by atoms with E-state index in [0.717, 1.165) is 5.69 Å². The number of hydrogen-bond donors (Lipinski definition) is 3. The summed E-state index contributed by atoms with van der Waals surface area (Å²) in [5.41, 5.74) is 0.860. The lowest BCUT2D eigenvalue weighted by atomic mass is 10.3. The lowest BCUT2D eigenvalue weighted by Gasteiger charge is -2.06. The van der Waals surface area contributed by atoms with E-state index in [2.05, 4.69) is 20.6 Å².